The van der Waals surface area contributed by atoms with Crippen molar-refractivity contribution in [3.05, 3.63) is 24.2 Å². The molecule has 0 radical (unpaired) electrons. The second kappa shape index (κ2) is 7.68. The molecule has 1 N–H and O–H groups in total. The van der Waals surface area contributed by atoms with E-state index >= 15 is 0 Å². The van der Waals surface area contributed by atoms with Crippen molar-refractivity contribution in [2.45, 2.75) is 38.8 Å². The molecular weight excluding hydrogens is 240 g/mol. The topological polar surface area (TPSA) is 37.6 Å². The summed E-state index contributed by atoms with van der Waals surface area (Å²) in [6, 6.07) is 4.23. The third-order valence-electron chi connectivity index (χ3n) is 3.71. The molecule has 4 heteroatoms. The highest BCUT2D eigenvalue weighted by atomic mass is 16.5. The lowest BCUT2D eigenvalue weighted by Gasteiger charge is -2.32. The Bertz CT molecular complexity index is 338. The summed E-state index contributed by atoms with van der Waals surface area (Å²) in [5, 5.41) is 3.50. The predicted octanol–water partition coefficient (Wildman–Crippen LogP) is 2.43. The zero-order valence-corrected chi connectivity index (χ0v) is 12.1. The Morgan fingerprint density at radius 2 is 2.47 bits per heavy atom. The summed E-state index contributed by atoms with van der Waals surface area (Å²) in [5.41, 5.74) is 0. The molecule has 1 aliphatic heterocycles. The summed E-state index contributed by atoms with van der Waals surface area (Å²) in [5.74, 6) is 1.01. The maximum atomic E-state index is 5.72. The zero-order valence-electron chi connectivity index (χ0n) is 12.1. The van der Waals surface area contributed by atoms with Crippen molar-refractivity contribution in [1.82, 2.24) is 10.2 Å². The molecule has 108 valence electrons. The van der Waals surface area contributed by atoms with Crippen molar-refractivity contribution < 1.29 is 9.15 Å². The van der Waals surface area contributed by atoms with Crippen molar-refractivity contribution in [1.29, 1.82) is 0 Å². The van der Waals surface area contributed by atoms with Crippen LogP contribution in [0.5, 0.6) is 0 Å². The molecule has 2 unspecified atom stereocenters. The maximum absolute atomic E-state index is 5.72. The number of hydrogen-bond donors (Lipinski definition) is 1. The van der Waals surface area contributed by atoms with E-state index in [9.17, 15) is 0 Å². The van der Waals surface area contributed by atoms with Crippen LogP contribution in [-0.4, -0.2) is 43.8 Å². The molecule has 1 saturated heterocycles. The van der Waals surface area contributed by atoms with Gasteiger partial charge in [-0.1, -0.05) is 0 Å². The van der Waals surface area contributed by atoms with Gasteiger partial charge in [0.2, 0.25) is 0 Å². The van der Waals surface area contributed by atoms with Crippen molar-refractivity contribution in [3.8, 4) is 0 Å². The van der Waals surface area contributed by atoms with Gasteiger partial charge in [0.25, 0.3) is 0 Å². The van der Waals surface area contributed by atoms with E-state index in [1.807, 2.05) is 12.1 Å². The second-order valence-corrected chi connectivity index (χ2v) is 5.21. The first-order valence-corrected chi connectivity index (χ1v) is 7.40. The number of nitrogens with one attached hydrogen (secondary N) is 1. The van der Waals surface area contributed by atoms with E-state index in [0.717, 1.165) is 32.0 Å². The molecule has 1 aliphatic rings. The number of furan rings is 1. The van der Waals surface area contributed by atoms with Crippen molar-refractivity contribution >= 4 is 0 Å². The molecule has 4 nitrogen and oxygen atoms in total. The van der Waals surface area contributed by atoms with Gasteiger partial charge < -0.3 is 14.5 Å². The smallest absolute Gasteiger partial charge is 0.120 e. The number of ether oxygens (including phenoxy) is 1. The van der Waals surface area contributed by atoms with Crippen LogP contribution in [0.15, 0.2) is 22.8 Å². The number of likely N-dealkylation sites (tertiary alicyclic amines) is 1. The van der Waals surface area contributed by atoms with Crippen LogP contribution >= 0.6 is 0 Å². The number of nitrogens with zero attached hydrogens (tertiary/aromatic N) is 1. The third kappa shape index (κ3) is 4.64. The lowest BCUT2D eigenvalue weighted by Crippen LogP contribution is -2.42. The molecule has 0 aromatic carbocycles. The Hall–Kier alpha value is -0.840. The number of hydrogen-bond acceptors (Lipinski definition) is 4. The van der Waals surface area contributed by atoms with Gasteiger partial charge in [0.15, 0.2) is 0 Å². The van der Waals surface area contributed by atoms with Crippen LogP contribution in [0.2, 0.25) is 0 Å². The molecule has 2 heterocycles. The van der Waals surface area contributed by atoms with Gasteiger partial charge >= 0.3 is 0 Å². The van der Waals surface area contributed by atoms with E-state index in [2.05, 4.69) is 24.1 Å². The lowest BCUT2D eigenvalue weighted by molar-refractivity contribution is 0.00620. The molecule has 0 amide bonds. The Labute approximate surface area is 116 Å². The van der Waals surface area contributed by atoms with E-state index in [0.29, 0.717) is 6.10 Å². The fraction of sp³-hybridized carbons (Fsp3) is 0.733. The first-order valence-electron chi connectivity index (χ1n) is 7.40. The van der Waals surface area contributed by atoms with Gasteiger partial charge in [0.1, 0.15) is 5.76 Å². The lowest BCUT2D eigenvalue weighted by atomic mass is 10.1. The average Bonchev–Trinajstić information content (AvgIpc) is 2.93. The molecule has 0 spiro atoms. The Kier molecular flexibility index (Phi) is 5.89. The summed E-state index contributed by atoms with van der Waals surface area (Å²) in [4.78, 5) is 2.49. The van der Waals surface area contributed by atoms with Gasteiger partial charge in [-0.15, -0.1) is 0 Å². The number of piperidine rings is 1. The summed E-state index contributed by atoms with van der Waals surface area (Å²) < 4.78 is 11.1. The van der Waals surface area contributed by atoms with Gasteiger partial charge in [0.05, 0.1) is 18.4 Å². The first-order chi connectivity index (χ1) is 9.29. The van der Waals surface area contributed by atoms with E-state index in [4.69, 9.17) is 9.15 Å². The van der Waals surface area contributed by atoms with Crippen LogP contribution in [0.3, 0.4) is 0 Å². The Morgan fingerprint density at radius 3 is 3.21 bits per heavy atom. The van der Waals surface area contributed by atoms with Crippen molar-refractivity contribution in [3.63, 3.8) is 0 Å². The summed E-state index contributed by atoms with van der Waals surface area (Å²) in [6.45, 7) is 9.37. The molecule has 0 bridgehead atoms. The van der Waals surface area contributed by atoms with E-state index in [1.54, 1.807) is 6.26 Å². The first kappa shape index (κ1) is 14.6. The van der Waals surface area contributed by atoms with Gasteiger partial charge in [-0.05, 0) is 45.4 Å². The minimum Gasteiger partial charge on any atom is -0.468 e. The summed E-state index contributed by atoms with van der Waals surface area (Å²) >= 11 is 0. The van der Waals surface area contributed by atoms with E-state index < -0.39 is 0 Å². The Morgan fingerprint density at radius 1 is 1.58 bits per heavy atom. The van der Waals surface area contributed by atoms with E-state index in [1.165, 1.54) is 19.4 Å². The highest BCUT2D eigenvalue weighted by Crippen LogP contribution is 2.14. The SMILES string of the molecule is CCOC1CCCN(CCNC(C)c2ccco2)C1. The minimum atomic E-state index is 0.280. The second-order valence-electron chi connectivity index (χ2n) is 5.21. The highest BCUT2D eigenvalue weighted by Gasteiger charge is 2.19. The van der Waals surface area contributed by atoms with E-state index in [-0.39, 0.29) is 6.04 Å². The highest BCUT2D eigenvalue weighted by molar-refractivity contribution is 5.02. The maximum Gasteiger partial charge on any atom is 0.120 e. The molecule has 0 aliphatic carbocycles. The predicted molar refractivity (Wildman–Crippen MR) is 76.2 cm³/mol. The summed E-state index contributed by atoms with van der Waals surface area (Å²) in [6.07, 6.45) is 4.62. The van der Waals surface area contributed by atoms with Crippen LogP contribution in [-0.2, 0) is 4.74 Å². The average molecular weight is 266 g/mol. The molecule has 1 aromatic rings. The van der Waals surface area contributed by atoms with Gasteiger partial charge in [-0.25, -0.2) is 0 Å². The quantitative estimate of drug-likeness (QED) is 0.822. The zero-order chi connectivity index (χ0) is 13.5. The van der Waals surface area contributed by atoms with Gasteiger partial charge in [0, 0.05) is 26.2 Å². The fourth-order valence-corrected chi connectivity index (χ4v) is 2.67. The molecule has 2 rings (SSSR count). The van der Waals surface area contributed by atoms with Crippen molar-refractivity contribution in [2.75, 3.05) is 32.8 Å². The fourth-order valence-electron chi connectivity index (χ4n) is 2.67. The third-order valence-corrected chi connectivity index (χ3v) is 3.71. The van der Waals surface area contributed by atoms with Crippen molar-refractivity contribution in [2.24, 2.45) is 0 Å². The Balaban J connectivity index is 1.65. The molecule has 1 aromatic heterocycles. The molecule has 2 atom stereocenters. The monoisotopic (exact) mass is 266 g/mol. The normalized spacial score (nSPS) is 22.5. The number of rotatable bonds is 7. The van der Waals surface area contributed by atoms with Gasteiger partial charge in [-0.2, -0.15) is 0 Å². The van der Waals surface area contributed by atoms with Gasteiger partial charge in [-0.3, -0.25) is 4.90 Å². The molecule has 0 saturated carbocycles. The summed E-state index contributed by atoms with van der Waals surface area (Å²) in [7, 11) is 0. The molecule has 1 fully saturated rings. The van der Waals surface area contributed by atoms with Crippen LogP contribution in [0.1, 0.15) is 38.5 Å². The standard InChI is InChI=1S/C15H26N2O2/c1-3-18-14-6-4-9-17(12-14)10-8-16-13(2)15-7-5-11-19-15/h5,7,11,13-14,16H,3-4,6,8-10,12H2,1-2H3. The molecule has 19 heavy (non-hydrogen) atoms. The minimum absolute atomic E-state index is 0.280. The van der Waals surface area contributed by atoms with Crippen LogP contribution in [0.4, 0.5) is 0 Å². The van der Waals surface area contributed by atoms with Crippen LogP contribution in [0.25, 0.3) is 0 Å². The largest absolute Gasteiger partial charge is 0.468 e. The van der Waals surface area contributed by atoms with Crippen LogP contribution < -0.4 is 5.32 Å². The molecular formula is C15H26N2O2. The van der Waals surface area contributed by atoms with Crippen LogP contribution in [0, 0.1) is 0 Å².